The van der Waals surface area contributed by atoms with Crippen molar-refractivity contribution in [1.82, 2.24) is 4.90 Å². The SMILES string of the molecule is CC(C)(C)N(C(=O)O)C(C)(CO)Cc1ccccc1. The van der Waals surface area contributed by atoms with Crippen LogP contribution in [0.25, 0.3) is 0 Å². The van der Waals surface area contributed by atoms with E-state index in [1.54, 1.807) is 6.92 Å². The van der Waals surface area contributed by atoms with E-state index in [-0.39, 0.29) is 6.61 Å². The highest BCUT2D eigenvalue weighted by Gasteiger charge is 2.41. The van der Waals surface area contributed by atoms with Crippen molar-refractivity contribution in [3.05, 3.63) is 35.9 Å². The lowest BCUT2D eigenvalue weighted by Crippen LogP contribution is -2.60. The van der Waals surface area contributed by atoms with Crippen LogP contribution in [0.15, 0.2) is 30.3 Å². The lowest BCUT2D eigenvalue weighted by molar-refractivity contribution is -0.00615. The molecule has 0 aliphatic heterocycles. The number of carboxylic acid groups (broad SMARTS) is 1. The zero-order valence-corrected chi connectivity index (χ0v) is 12.1. The van der Waals surface area contributed by atoms with Crippen LogP contribution in [0.2, 0.25) is 0 Å². The van der Waals surface area contributed by atoms with Crippen molar-refractivity contribution in [2.75, 3.05) is 6.61 Å². The zero-order valence-electron chi connectivity index (χ0n) is 12.1. The van der Waals surface area contributed by atoms with Gasteiger partial charge in [-0.1, -0.05) is 30.3 Å². The van der Waals surface area contributed by atoms with Gasteiger partial charge in [0, 0.05) is 5.54 Å². The van der Waals surface area contributed by atoms with Crippen molar-refractivity contribution in [1.29, 1.82) is 0 Å². The van der Waals surface area contributed by atoms with Crippen molar-refractivity contribution in [3.8, 4) is 0 Å². The fourth-order valence-electron chi connectivity index (χ4n) is 2.57. The number of aliphatic hydroxyl groups excluding tert-OH is 1. The molecule has 0 bridgehead atoms. The molecule has 1 atom stereocenters. The number of nitrogens with zero attached hydrogens (tertiary/aromatic N) is 1. The van der Waals surface area contributed by atoms with Gasteiger partial charge in [0.15, 0.2) is 0 Å². The summed E-state index contributed by atoms with van der Waals surface area (Å²) in [7, 11) is 0. The molecule has 0 radical (unpaired) electrons. The van der Waals surface area contributed by atoms with Crippen LogP contribution in [0, 0.1) is 0 Å². The van der Waals surface area contributed by atoms with Crippen molar-refractivity contribution < 1.29 is 15.0 Å². The third-order valence-electron chi connectivity index (χ3n) is 3.17. The molecule has 0 heterocycles. The number of hydrogen-bond donors (Lipinski definition) is 2. The number of hydrogen-bond acceptors (Lipinski definition) is 2. The van der Waals surface area contributed by atoms with Gasteiger partial charge in [0.05, 0.1) is 12.1 Å². The van der Waals surface area contributed by atoms with Crippen molar-refractivity contribution in [3.63, 3.8) is 0 Å². The molecule has 0 saturated carbocycles. The molecule has 4 nitrogen and oxygen atoms in total. The molecule has 0 aromatic heterocycles. The average Bonchev–Trinajstić information content (AvgIpc) is 2.27. The summed E-state index contributed by atoms with van der Waals surface area (Å²) in [5.41, 5.74) is -0.404. The maximum absolute atomic E-state index is 11.6. The first kappa shape index (κ1) is 15.5. The zero-order chi connectivity index (χ0) is 14.7. The molecule has 2 N–H and O–H groups in total. The van der Waals surface area contributed by atoms with Gasteiger partial charge in [-0.2, -0.15) is 0 Å². The first-order chi connectivity index (χ1) is 8.70. The highest BCUT2D eigenvalue weighted by Crippen LogP contribution is 2.28. The summed E-state index contributed by atoms with van der Waals surface area (Å²) in [5, 5.41) is 19.2. The Morgan fingerprint density at radius 1 is 1.16 bits per heavy atom. The summed E-state index contributed by atoms with van der Waals surface area (Å²) in [6.07, 6.45) is -0.534. The Hall–Kier alpha value is -1.55. The fraction of sp³-hybridized carbons (Fsp3) is 0.533. The number of aliphatic hydroxyl groups is 1. The molecule has 0 aliphatic carbocycles. The van der Waals surface area contributed by atoms with Crippen LogP contribution < -0.4 is 0 Å². The van der Waals surface area contributed by atoms with E-state index in [4.69, 9.17) is 0 Å². The second kappa shape index (κ2) is 5.61. The Morgan fingerprint density at radius 2 is 1.68 bits per heavy atom. The highest BCUT2D eigenvalue weighted by atomic mass is 16.4. The van der Waals surface area contributed by atoms with E-state index in [9.17, 15) is 15.0 Å². The van der Waals surface area contributed by atoms with Crippen LogP contribution in [0.5, 0.6) is 0 Å². The molecule has 1 rings (SSSR count). The summed E-state index contributed by atoms with van der Waals surface area (Å²) in [5.74, 6) is 0. The minimum atomic E-state index is -1.01. The molecule has 1 amide bonds. The van der Waals surface area contributed by atoms with Crippen LogP contribution in [0.3, 0.4) is 0 Å². The predicted octanol–water partition coefficient (Wildman–Crippen LogP) is 2.76. The normalized spacial score (nSPS) is 14.8. The van der Waals surface area contributed by atoms with E-state index >= 15 is 0 Å². The quantitative estimate of drug-likeness (QED) is 0.880. The Bertz CT molecular complexity index is 425. The van der Waals surface area contributed by atoms with E-state index in [0.29, 0.717) is 6.42 Å². The lowest BCUT2D eigenvalue weighted by atomic mass is 9.88. The summed E-state index contributed by atoms with van der Waals surface area (Å²) >= 11 is 0. The van der Waals surface area contributed by atoms with Gasteiger partial charge in [-0.05, 0) is 39.7 Å². The largest absolute Gasteiger partial charge is 0.465 e. The van der Waals surface area contributed by atoms with Crippen LogP contribution in [-0.4, -0.2) is 38.9 Å². The first-order valence-electron chi connectivity index (χ1n) is 6.39. The molecule has 0 spiro atoms. The molecule has 0 saturated heterocycles. The molecule has 1 unspecified atom stereocenters. The third kappa shape index (κ3) is 3.70. The minimum absolute atomic E-state index is 0.217. The molecule has 1 aromatic carbocycles. The van der Waals surface area contributed by atoms with Crippen molar-refractivity contribution in [2.24, 2.45) is 0 Å². The number of benzene rings is 1. The lowest BCUT2D eigenvalue weighted by Gasteiger charge is -2.46. The molecular weight excluding hydrogens is 242 g/mol. The summed E-state index contributed by atoms with van der Waals surface area (Å²) in [6, 6.07) is 9.62. The molecule has 19 heavy (non-hydrogen) atoms. The van der Waals surface area contributed by atoms with Crippen LogP contribution in [-0.2, 0) is 6.42 Å². The van der Waals surface area contributed by atoms with Gasteiger partial charge in [-0.25, -0.2) is 4.79 Å². The molecule has 4 heteroatoms. The number of amides is 1. The molecule has 1 aromatic rings. The number of carbonyl (C=O) groups is 1. The van der Waals surface area contributed by atoms with Gasteiger partial charge in [-0.3, -0.25) is 4.90 Å². The fourth-order valence-corrected chi connectivity index (χ4v) is 2.57. The van der Waals surface area contributed by atoms with Gasteiger partial charge >= 0.3 is 6.09 Å². The third-order valence-corrected chi connectivity index (χ3v) is 3.17. The van der Waals surface area contributed by atoms with Gasteiger partial charge in [-0.15, -0.1) is 0 Å². The summed E-state index contributed by atoms with van der Waals surface area (Å²) in [4.78, 5) is 12.9. The van der Waals surface area contributed by atoms with E-state index in [2.05, 4.69) is 0 Å². The molecule has 0 fully saturated rings. The maximum atomic E-state index is 11.6. The van der Waals surface area contributed by atoms with E-state index in [1.807, 2.05) is 51.1 Å². The molecule has 0 aliphatic rings. The maximum Gasteiger partial charge on any atom is 0.408 e. The first-order valence-corrected chi connectivity index (χ1v) is 6.39. The average molecular weight is 265 g/mol. The van der Waals surface area contributed by atoms with Crippen molar-refractivity contribution in [2.45, 2.75) is 45.2 Å². The van der Waals surface area contributed by atoms with Crippen LogP contribution in [0.4, 0.5) is 4.79 Å². The Morgan fingerprint density at radius 3 is 2.05 bits per heavy atom. The Kier molecular flexibility index (Phi) is 4.58. The van der Waals surface area contributed by atoms with E-state index in [0.717, 1.165) is 5.56 Å². The van der Waals surface area contributed by atoms with Crippen LogP contribution >= 0.6 is 0 Å². The second-order valence-electron chi connectivity index (χ2n) is 6.11. The van der Waals surface area contributed by atoms with Gasteiger partial charge in [0.2, 0.25) is 0 Å². The Labute approximate surface area is 114 Å². The van der Waals surface area contributed by atoms with E-state index < -0.39 is 17.2 Å². The van der Waals surface area contributed by atoms with Gasteiger partial charge in [0.1, 0.15) is 0 Å². The molecule has 106 valence electrons. The standard InChI is InChI=1S/C15H23NO3/c1-14(2,3)16(13(18)19)15(4,11-17)10-12-8-6-5-7-9-12/h5-9,17H,10-11H2,1-4H3,(H,18,19). The smallest absolute Gasteiger partial charge is 0.408 e. The summed E-state index contributed by atoms with van der Waals surface area (Å²) in [6.45, 7) is 7.06. The molecular formula is C15H23NO3. The van der Waals surface area contributed by atoms with Crippen molar-refractivity contribution >= 4 is 6.09 Å². The van der Waals surface area contributed by atoms with Gasteiger partial charge < -0.3 is 10.2 Å². The number of rotatable bonds is 4. The Balaban J connectivity index is 3.10. The second-order valence-corrected chi connectivity index (χ2v) is 6.11. The van der Waals surface area contributed by atoms with Gasteiger partial charge in [0.25, 0.3) is 0 Å². The highest BCUT2D eigenvalue weighted by molar-refractivity contribution is 5.67. The monoisotopic (exact) mass is 265 g/mol. The topological polar surface area (TPSA) is 60.8 Å². The summed E-state index contributed by atoms with van der Waals surface area (Å²) < 4.78 is 0. The van der Waals surface area contributed by atoms with Crippen LogP contribution in [0.1, 0.15) is 33.3 Å². The predicted molar refractivity (Wildman–Crippen MR) is 75.3 cm³/mol. The minimum Gasteiger partial charge on any atom is -0.465 e. The van der Waals surface area contributed by atoms with E-state index in [1.165, 1.54) is 4.90 Å².